The minimum Gasteiger partial charge on any atom is -0.382 e. The van der Waals surface area contributed by atoms with E-state index in [0.29, 0.717) is 5.82 Å². The van der Waals surface area contributed by atoms with Crippen LogP contribution in [0, 0.1) is 0 Å². The number of fused-ring (bicyclic) bond motifs is 3. The number of hydrogen-bond acceptors (Lipinski definition) is 6. The van der Waals surface area contributed by atoms with E-state index in [4.69, 9.17) is 15.5 Å². The molecule has 1 aliphatic rings. The Bertz CT molecular complexity index is 976. The SMILES string of the molecule is CCCCc1nc2c(N)nc3ccc(N4CCN(CC(C)OC)CC4)cc3c2[nH]1. The van der Waals surface area contributed by atoms with Gasteiger partial charge in [-0.25, -0.2) is 9.97 Å². The van der Waals surface area contributed by atoms with Crippen molar-refractivity contribution >= 4 is 33.4 Å². The first-order chi connectivity index (χ1) is 14.1. The second kappa shape index (κ2) is 8.55. The summed E-state index contributed by atoms with van der Waals surface area (Å²) in [6, 6.07) is 6.47. The van der Waals surface area contributed by atoms with Gasteiger partial charge in [-0.1, -0.05) is 13.3 Å². The van der Waals surface area contributed by atoms with E-state index in [9.17, 15) is 0 Å². The molecule has 0 amide bonds. The van der Waals surface area contributed by atoms with Crippen molar-refractivity contribution in [3.63, 3.8) is 0 Å². The molecule has 0 aliphatic carbocycles. The molecule has 0 radical (unpaired) electrons. The number of piperazine rings is 1. The van der Waals surface area contributed by atoms with Crippen molar-refractivity contribution in [1.82, 2.24) is 19.9 Å². The number of imidazole rings is 1. The topological polar surface area (TPSA) is 83.3 Å². The first-order valence-corrected chi connectivity index (χ1v) is 10.7. The Hall–Kier alpha value is -2.38. The summed E-state index contributed by atoms with van der Waals surface area (Å²) in [7, 11) is 1.78. The molecular weight excluding hydrogens is 364 g/mol. The molecule has 1 aromatic carbocycles. The Morgan fingerprint density at radius 3 is 2.72 bits per heavy atom. The highest BCUT2D eigenvalue weighted by Gasteiger charge is 2.20. The maximum atomic E-state index is 6.19. The van der Waals surface area contributed by atoms with Crippen molar-refractivity contribution in [1.29, 1.82) is 0 Å². The van der Waals surface area contributed by atoms with Gasteiger partial charge in [-0.15, -0.1) is 0 Å². The highest BCUT2D eigenvalue weighted by molar-refractivity contribution is 6.07. The zero-order valence-electron chi connectivity index (χ0n) is 17.7. The maximum absolute atomic E-state index is 6.19. The average Bonchev–Trinajstić information content (AvgIpc) is 3.18. The molecule has 7 nitrogen and oxygen atoms in total. The van der Waals surface area contributed by atoms with Crippen molar-refractivity contribution in [2.75, 3.05) is 50.5 Å². The molecule has 3 heterocycles. The fraction of sp³-hybridized carbons (Fsp3) is 0.545. The molecule has 1 saturated heterocycles. The number of nitrogens with zero attached hydrogens (tertiary/aromatic N) is 4. The van der Waals surface area contributed by atoms with E-state index < -0.39 is 0 Å². The number of pyridine rings is 1. The van der Waals surface area contributed by atoms with Crippen molar-refractivity contribution in [3.8, 4) is 0 Å². The zero-order valence-corrected chi connectivity index (χ0v) is 17.7. The second-order valence-corrected chi connectivity index (χ2v) is 8.04. The average molecular weight is 397 g/mol. The summed E-state index contributed by atoms with van der Waals surface area (Å²) >= 11 is 0. The molecule has 1 atom stereocenters. The number of methoxy groups -OCH3 is 1. The summed E-state index contributed by atoms with van der Waals surface area (Å²) in [4.78, 5) is 17.7. The van der Waals surface area contributed by atoms with Gasteiger partial charge >= 0.3 is 0 Å². The van der Waals surface area contributed by atoms with Gasteiger partial charge in [0.25, 0.3) is 0 Å². The third kappa shape index (κ3) is 4.16. The smallest absolute Gasteiger partial charge is 0.152 e. The molecule has 1 fully saturated rings. The predicted octanol–water partition coefficient (Wildman–Crippen LogP) is 3.19. The minimum atomic E-state index is 0.273. The molecule has 29 heavy (non-hydrogen) atoms. The highest BCUT2D eigenvalue weighted by atomic mass is 16.5. The summed E-state index contributed by atoms with van der Waals surface area (Å²) in [6.45, 7) is 9.42. The lowest BCUT2D eigenvalue weighted by Crippen LogP contribution is -2.48. The lowest BCUT2D eigenvalue weighted by molar-refractivity contribution is 0.0749. The van der Waals surface area contributed by atoms with Crippen LogP contribution in [0.2, 0.25) is 0 Å². The molecule has 1 aliphatic heterocycles. The van der Waals surface area contributed by atoms with Gasteiger partial charge in [0.1, 0.15) is 11.3 Å². The predicted molar refractivity (Wildman–Crippen MR) is 120 cm³/mol. The number of H-pyrrole nitrogens is 1. The lowest BCUT2D eigenvalue weighted by Gasteiger charge is -2.37. The number of aryl methyl sites for hydroxylation is 1. The van der Waals surface area contributed by atoms with Crippen molar-refractivity contribution in [3.05, 3.63) is 24.0 Å². The summed E-state index contributed by atoms with van der Waals surface area (Å²) in [5.74, 6) is 1.49. The molecule has 2 aromatic heterocycles. The lowest BCUT2D eigenvalue weighted by atomic mass is 10.1. The number of unbranched alkanes of at least 4 members (excludes halogenated alkanes) is 1. The van der Waals surface area contributed by atoms with Crippen LogP contribution in [0.1, 0.15) is 32.5 Å². The van der Waals surface area contributed by atoms with Gasteiger partial charge in [-0.05, 0) is 31.5 Å². The molecule has 3 aromatic rings. The third-order valence-electron chi connectivity index (χ3n) is 5.91. The van der Waals surface area contributed by atoms with Crippen LogP contribution in [0.15, 0.2) is 18.2 Å². The van der Waals surface area contributed by atoms with Crippen LogP contribution in [-0.2, 0) is 11.2 Å². The Morgan fingerprint density at radius 1 is 1.21 bits per heavy atom. The number of aromatic amines is 1. The number of ether oxygens (including phenoxy) is 1. The number of nitrogens with two attached hydrogens (primary N) is 1. The van der Waals surface area contributed by atoms with E-state index in [2.05, 4.69) is 51.8 Å². The molecule has 3 N–H and O–H groups in total. The number of rotatable bonds is 7. The van der Waals surface area contributed by atoms with Gasteiger partial charge in [0.2, 0.25) is 0 Å². The third-order valence-corrected chi connectivity index (χ3v) is 5.91. The van der Waals surface area contributed by atoms with Crippen molar-refractivity contribution in [2.45, 2.75) is 39.2 Å². The molecule has 7 heteroatoms. The standard InChI is InChI=1S/C22H32N6O/c1-4-5-6-19-25-20-17-13-16(7-8-18(17)24-22(23)21(20)26-19)28-11-9-27(10-12-28)14-15(2)29-3/h7-8,13,15H,4-6,9-12,14H2,1-3H3,(H2,23,24)(H,25,26). The Kier molecular flexibility index (Phi) is 5.87. The van der Waals surface area contributed by atoms with Crippen LogP contribution >= 0.6 is 0 Å². The zero-order chi connectivity index (χ0) is 20.4. The summed E-state index contributed by atoms with van der Waals surface area (Å²) in [5.41, 5.74) is 10.1. The van der Waals surface area contributed by atoms with Gasteiger partial charge in [-0.2, -0.15) is 0 Å². The van der Waals surface area contributed by atoms with Crippen LogP contribution in [0.3, 0.4) is 0 Å². The molecule has 4 rings (SSSR count). The van der Waals surface area contributed by atoms with Gasteiger partial charge < -0.3 is 20.4 Å². The van der Waals surface area contributed by atoms with Gasteiger partial charge in [-0.3, -0.25) is 4.90 Å². The molecule has 0 saturated carbocycles. The number of nitrogens with one attached hydrogen (secondary N) is 1. The van der Waals surface area contributed by atoms with E-state index >= 15 is 0 Å². The van der Waals surface area contributed by atoms with Crippen LogP contribution < -0.4 is 10.6 Å². The normalized spacial score (nSPS) is 16.7. The Balaban J connectivity index is 1.59. The molecular formula is C22H32N6O. The monoisotopic (exact) mass is 396 g/mol. The van der Waals surface area contributed by atoms with Crippen LogP contribution in [0.25, 0.3) is 21.9 Å². The summed E-state index contributed by atoms with van der Waals surface area (Å²) in [5, 5.41) is 1.09. The highest BCUT2D eigenvalue weighted by Crippen LogP contribution is 2.30. The number of benzene rings is 1. The second-order valence-electron chi connectivity index (χ2n) is 8.04. The van der Waals surface area contributed by atoms with Gasteiger partial charge in [0.15, 0.2) is 5.82 Å². The Labute approximate surface area is 172 Å². The Morgan fingerprint density at radius 2 is 2.00 bits per heavy atom. The number of anilines is 2. The van der Waals surface area contributed by atoms with Crippen LogP contribution in [-0.4, -0.2) is 65.8 Å². The summed E-state index contributed by atoms with van der Waals surface area (Å²) < 4.78 is 5.41. The molecule has 1 unspecified atom stereocenters. The minimum absolute atomic E-state index is 0.273. The molecule has 0 bridgehead atoms. The largest absolute Gasteiger partial charge is 0.382 e. The van der Waals surface area contributed by atoms with E-state index in [-0.39, 0.29) is 6.10 Å². The molecule has 156 valence electrons. The van der Waals surface area contributed by atoms with Crippen molar-refractivity contribution in [2.24, 2.45) is 0 Å². The molecule has 0 spiro atoms. The number of aromatic nitrogens is 3. The van der Waals surface area contributed by atoms with E-state index in [1.165, 1.54) is 5.69 Å². The first-order valence-electron chi connectivity index (χ1n) is 10.7. The summed E-state index contributed by atoms with van der Waals surface area (Å²) in [6.07, 6.45) is 3.47. The van der Waals surface area contributed by atoms with Gasteiger partial charge in [0.05, 0.1) is 17.1 Å². The van der Waals surface area contributed by atoms with E-state index in [0.717, 1.165) is 79.7 Å². The van der Waals surface area contributed by atoms with Crippen LogP contribution in [0.5, 0.6) is 0 Å². The van der Waals surface area contributed by atoms with Crippen molar-refractivity contribution < 1.29 is 4.74 Å². The van der Waals surface area contributed by atoms with E-state index in [1.807, 2.05) is 0 Å². The quantitative estimate of drug-likeness (QED) is 0.638. The van der Waals surface area contributed by atoms with E-state index in [1.54, 1.807) is 7.11 Å². The van der Waals surface area contributed by atoms with Crippen LogP contribution in [0.4, 0.5) is 11.5 Å². The number of hydrogen-bond donors (Lipinski definition) is 2. The fourth-order valence-corrected chi connectivity index (χ4v) is 4.09. The fourth-order valence-electron chi connectivity index (χ4n) is 4.09. The maximum Gasteiger partial charge on any atom is 0.152 e. The number of nitrogen functional groups attached to an aromatic ring is 1. The first kappa shape index (κ1) is 19.9. The van der Waals surface area contributed by atoms with Gasteiger partial charge in [0, 0.05) is 57.3 Å².